The van der Waals surface area contributed by atoms with Gasteiger partial charge in [0, 0.05) is 24.2 Å². The largest absolute Gasteiger partial charge is 0.493 e. The number of ether oxygens (including phenoxy) is 2. The maximum Gasteiger partial charge on any atom is 0.242 e. The van der Waals surface area contributed by atoms with Gasteiger partial charge in [0.2, 0.25) is 10.0 Å². The monoisotopic (exact) mass is 322 g/mol. The van der Waals surface area contributed by atoms with Crippen molar-refractivity contribution in [2.75, 3.05) is 20.8 Å². The number of nitrogens with two attached hydrogens (primary N) is 1. The van der Waals surface area contributed by atoms with Crippen molar-refractivity contribution in [1.82, 2.24) is 4.72 Å². The lowest BCUT2D eigenvalue weighted by atomic mass is 10.1. The minimum atomic E-state index is -3.82. The van der Waals surface area contributed by atoms with Crippen LogP contribution in [-0.4, -0.2) is 34.7 Å². The van der Waals surface area contributed by atoms with Crippen LogP contribution in [0.5, 0.6) is 11.5 Å². The number of benzene rings is 1. The second kappa shape index (κ2) is 6.17. The molecule has 20 heavy (non-hydrogen) atoms. The van der Waals surface area contributed by atoms with Crippen molar-refractivity contribution in [1.29, 1.82) is 0 Å². The quantitative estimate of drug-likeness (QED) is 0.825. The Labute approximate surface area is 124 Å². The minimum absolute atomic E-state index is 0.0444. The van der Waals surface area contributed by atoms with Crippen molar-refractivity contribution in [3.8, 4) is 11.5 Å². The van der Waals surface area contributed by atoms with Crippen molar-refractivity contribution in [3.05, 3.63) is 17.2 Å². The van der Waals surface area contributed by atoms with E-state index in [0.717, 1.165) is 0 Å². The summed E-state index contributed by atoms with van der Waals surface area (Å²) in [6, 6.07) is 2.71. The highest BCUT2D eigenvalue weighted by Gasteiger charge is 2.28. The van der Waals surface area contributed by atoms with Gasteiger partial charge in [0.15, 0.2) is 11.5 Å². The Morgan fingerprint density at radius 2 is 1.75 bits per heavy atom. The molecule has 6 nitrogen and oxygen atoms in total. The number of methoxy groups -OCH3 is 2. The van der Waals surface area contributed by atoms with E-state index >= 15 is 0 Å². The fourth-order valence-corrected chi connectivity index (χ4v) is 3.46. The third-order valence-corrected chi connectivity index (χ3v) is 4.81. The highest BCUT2D eigenvalue weighted by molar-refractivity contribution is 7.89. The Hall–Kier alpha value is -1.02. The second-order valence-corrected chi connectivity index (χ2v) is 6.89. The molecule has 0 fully saturated rings. The predicted octanol–water partition coefficient (Wildman–Crippen LogP) is 1.37. The van der Waals surface area contributed by atoms with E-state index in [2.05, 4.69) is 4.72 Å². The summed E-state index contributed by atoms with van der Waals surface area (Å²) in [5.41, 5.74) is 4.74. The molecule has 0 aliphatic carbocycles. The van der Waals surface area contributed by atoms with Gasteiger partial charge in [-0.1, -0.05) is 11.6 Å². The molecule has 0 aromatic heterocycles. The number of hydrogen-bond acceptors (Lipinski definition) is 5. The lowest BCUT2D eigenvalue weighted by molar-refractivity contribution is 0.354. The lowest BCUT2D eigenvalue weighted by Crippen LogP contribution is -2.48. The first-order valence-corrected chi connectivity index (χ1v) is 7.68. The van der Waals surface area contributed by atoms with Gasteiger partial charge in [0.1, 0.15) is 4.90 Å². The van der Waals surface area contributed by atoms with E-state index in [1.807, 2.05) is 0 Å². The second-order valence-electron chi connectivity index (χ2n) is 4.83. The van der Waals surface area contributed by atoms with Gasteiger partial charge in [-0.25, -0.2) is 13.1 Å². The third-order valence-electron chi connectivity index (χ3n) is 2.65. The maximum absolute atomic E-state index is 12.3. The zero-order valence-corrected chi connectivity index (χ0v) is 13.4. The van der Waals surface area contributed by atoms with Gasteiger partial charge < -0.3 is 15.2 Å². The van der Waals surface area contributed by atoms with Crippen LogP contribution in [0.4, 0.5) is 0 Å². The van der Waals surface area contributed by atoms with E-state index in [-0.39, 0.29) is 22.2 Å². The van der Waals surface area contributed by atoms with Crippen LogP contribution in [0.3, 0.4) is 0 Å². The number of sulfonamides is 1. The predicted molar refractivity (Wildman–Crippen MR) is 78.0 cm³/mol. The van der Waals surface area contributed by atoms with E-state index in [1.165, 1.54) is 26.4 Å². The zero-order valence-electron chi connectivity index (χ0n) is 11.9. The smallest absolute Gasteiger partial charge is 0.242 e. The van der Waals surface area contributed by atoms with Gasteiger partial charge in [-0.05, 0) is 13.8 Å². The SMILES string of the molecule is COc1cc(Cl)c(S(=O)(=O)NC(C)(C)CN)cc1OC. The number of hydrogen-bond donors (Lipinski definition) is 2. The first-order chi connectivity index (χ1) is 9.16. The topological polar surface area (TPSA) is 90.7 Å². The van der Waals surface area contributed by atoms with Gasteiger partial charge >= 0.3 is 0 Å². The van der Waals surface area contributed by atoms with Gasteiger partial charge in [0.25, 0.3) is 0 Å². The van der Waals surface area contributed by atoms with Crippen molar-refractivity contribution in [3.63, 3.8) is 0 Å². The molecular weight excluding hydrogens is 304 g/mol. The Morgan fingerprint density at radius 3 is 2.20 bits per heavy atom. The molecule has 0 spiro atoms. The average Bonchev–Trinajstić information content (AvgIpc) is 2.36. The van der Waals surface area contributed by atoms with Crippen LogP contribution in [0, 0.1) is 0 Å². The van der Waals surface area contributed by atoms with Crippen LogP contribution in [0.15, 0.2) is 17.0 Å². The van der Waals surface area contributed by atoms with Crippen LogP contribution >= 0.6 is 11.6 Å². The van der Waals surface area contributed by atoms with E-state index in [4.69, 9.17) is 26.8 Å². The highest BCUT2D eigenvalue weighted by Crippen LogP contribution is 2.35. The van der Waals surface area contributed by atoms with Crippen molar-refractivity contribution in [2.24, 2.45) is 5.73 Å². The summed E-state index contributed by atoms with van der Waals surface area (Å²) in [6.07, 6.45) is 0. The Bertz CT molecular complexity index is 587. The van der Waals surface area contributed by atoms with Crippen LogP contribution in [0.1, 0.15) is 13.8 Å². The zero-order chi connectivity index (χ0) is 15.6. The fourth-order valence-electron chi connectivity index (χ4n) is 1.50. The molecule has 1 rings (SSSR count). The summed E-state index contributed by atoms with van der Waals surface area (Å²) in [6.45, 7) is 3.51. The normalized spacial score (nSPS) is 12.3. The summed E-state index contributed by atoms with van der Waals surface area (Å²) >= 11 is 6.01. The molecule has 114 valence electrons. The molecule has 0 amide bonds. The first-order valence-electron chi connectivity index (χ1n) is 5.82. The molecule has 0 bridgehead atoms. The molecular formula is C12H19ClN2O4S. The van der Waals surface area contributed by atoms with E-state index < -0.39 is 15.6 Å². The van der Waals surface area contributed by atoms with E-state index in [0.29, 0.717) is 5.75 Å². The van der Waals surface area contributed by atoms with Crippen LogP contribution < -0.4 is 19.9 Å². The average molecular weight is 323 g/mol. The van der Waals surface area contributed by atoms with Gasteiger partial charge in [0.05, 0.1) is 19.2 Å². The van der Waals surface area contributed by atoms with Crippen molar-refractivity contribution in [2.45, 2.75) is 24.3 Å². The standard InChI is InChI=1S/C12H19ClN2O4S/c1-12(2,7-14)15-20(16,17)11-6-10(19-4)9(18-3)5-8(11)13/h5-6,15H,7,14H2,1-4H3. The number of nitrogens with one attached hydrogen (secondary N) is 1. The Kier molecular flexibility index (Phi) is 5.26. The fraction of sp³-hybridized carbons (Fsp3) is 0.500. The molecule has 3 N–H and O–H groups in total. The molecule has 0 atom stereocenters. The molecule has 0 aliphatic heterocycles. The minimum Gasteiger partial charge on any atom is -0.493 e. The molecule has 0 aliphatic rings. The summed E-state index contributed by atoms with van der Waals surface area (Å²) in [4.78, 5) is -0.0849. The molecule has 0 saturated heterocycles. The van der Waals surface area contributed by atoms with Crippen LogP contribution in [0.2, 0.25) is 5.02 Å². The van der Waals surface area contributed by atoms with Gasteiger partial charge in [-0.15, -0.1) is 0 Å². The highest BCUT2D eigenvalue weighted by atomic mass is 35.5. The molecule has 0 radical (unpaired) electrons. The van der Waals surface area contributed by atoms with Crippen LogP contribution in [-0.2, 0) is 10.0 Å². The first kappa shape index (κ1) is 17.0. The summed E-state index contributed by atoms with van der Waals surface area (Å²) in [7, 11) is -0.957. The maximum atomic E-state index is 12.3. The van der Waals surface area contributed by atoms with Crippen molar-refractivity contribution < 1.29 is 17.9 Å². The summed E-state index contributed by atoms with van der Waals surface area (Å²) in [5.74, 6) is 0.636. The molecule has 8 heteroatoms. The molecule has 0 saturated carbocycles. The van der Waals surface area contributed by atoms with Gasteiger partial charge in [-0.2, -0.15) is 0 Å². The van der Waals surface area contributed by atoms with Gasteiger partial charge in [-0.3, -0.25) is 0 Å². The number of rotatable bonds is 6. The number of halogens is 1. The molecule has 0 unspecified atom stereocenters. The van der Waals surface area contributed by atoms with E-state index in [9.17, 15) is 8.42 Å². The third kappa shape index (κ3) is 3.76. The lowest BCUT2D eigenvalue weighted by Gasteiger charge is -2.24. The molecule has 1 aromatic carbocycles. The van der Waals surface area contributed by atoms with E-state index in [1.54, 1.807) is 13.8 Å². The Morgan fingerprint density at radius 1 is 1.25 bits per heavy atom. The molecule has 1 aromatic rings. The van der Waals surface area contributed by atoms with Crippen molar-refractivity contribution >= 4 is 21.6 Å². The molecule has 0 heterocycles. The summed E-state index contributed by atoms with van der Waals surface area (Å²) < 4.78 is 37.3. The Balaban J connectivity index is 3.32. The summed E-state index contributed by atoms with van der Waals surface area (Å²) in [5, 5.41) is 0.0444. The van der Waals surface area contributed by atoms with Crippen LogP contribution in [0.25, 0.3) is 0 Å².